The number of carbonyl (C=O) groups excluding carboxylic acids is 1. The van der Waals surface area contributed by atoms with E-state index in [1.165, 1.54) is 6.92 Å². The van der Waals surface area contributed by atoms with Crippen molar-refractivity contribution in [3.05, 3.63) is 97.0 Å². The normalized spacial score (nSPS) is 11.0. The van der Waals surface area contributed by atoms with Crippen LogP contribution in [0.5, 0.6) is 5.88 Å². The lowest BCUT2D eigenvalue weighted by molar-refractivity contribution is 0.101. The fourth-order valence-electron chi connectivity index (χ4n) is 3.99. The largest absolute Gasteiger partial charge is 0.494 e. The number of hydrogen-bond donors (Lipinski definition) is 1. The number of nitriles is 1. The zero-order chi connectivity index (χ0) is 23.9. The van der Waals surface area contributed by atoms with Crippen molar-refractivity contribution in [1.82, 2.24) is 4.57 Å². The molecule has 4 rings (SSSR count). The summed E-state index contributed by atoms with van der Waals surface area (Å²) in [5, 5.41) is 21.8. The molecule has 0 atom stereocenters. The zero-order valence-electron chi connectivity index (χ0n) is 18.4. The summed E-state index contributed by atoms with van der Waals surface area (Å²) in [4.78, 5) is 26.4. The Morgan fingerprint density at radius 2 is 1.85 bits per heavy atom. The van der Waals surface area contributed by atoms with Crippen LogP contribution in [0.2, 0.25) is 5.02 Å². The predicted octanol–water partition coefficient (Wildman–Crippen LogP) is 5.22. The van der Waals surface area contributed by atoms with Crippen LogP contribution in [0.4, 0.5) is 0 Å². The number of nitrogens with zero attached hydrogens (tertiary/aromatic N) is 2. The van der Waals surface area contributed by atoms with Crippen molar-refractivity contribution in [3.8, 4) is 11.9 Å². The maximum absolute atomic E-state index is 13.5. The molecule has 2 aromatic heterocycles. The second-order valence-corrected chi connectivity index (χ2v) is 8.39. The summed E-state index contributed by atoms with van der Waals surface area (Å²) >= 11 is 6.24. The first-order chi connectivity index (χ1) is 15.7. The molecule has 1 N–H and O–H groups in total. The number of ketones is 1. The van der Waals surface area contributed by atoms with E-state index in [4.69, 9.17) is 16.0 Å². The number of aromatic hydroxyl groups is 1. The number of halogens is 1. The van der Waals surface area contributed by atoms with Crippen LogP contribution in [-0.2, 0) is 13.0 Å². The minimum absolute atomic E-state index is 0.0298. The highest BCUT2D eigenvalue weighted by molar-refractivity contribution is 6.32. The van der Waals surface area contributed by atoms with Crippen molar-refractivity contribution in [2.75, 3.05) is 0 Å². The van der Waals surface area contributed by atoms with Crippen LogP contribution < -0.4 is 5.56 Å². The van der Waals surface area contributed by atoms with Gasteiger partial charge in [-0.25, -0.2) is 0 Å². The van der Waals surface area contributed by atoms with E-state index in [9.17, 15) is 20.0 Å². The molecular weight excluding hydrogens is 440 g/mol. The summed E-state index contributed by atoms with van der Waals surface area (Å²) in [7, 11) is 0. The molecule has 0 aliphatic heterocycles. The van der Waals surface area contributed by atoms with Gasteiger partial charge in [-0.2, -0.15) is 5.26 Å². The molecule has 0 unspecified atom stereocenters. The number of hydrogen-bond acceptors (Lipinski definition) is 5. The van der Waals surface area contributed by atoms with Crippen LogP contribution in [0.3, 0.4) is 0 Å². The summed E-state index contributed by atoms with van der Waals surface area (Å²) in [5.41, 5.74) is 2.00. The summed E-state index contributed by atoms with van der Waals surface area (Å²) < 4.78 is 6.92. The number of aromatic nitrogens is 1. The molecule has 0 fully saturated rings. The standard InChI is InChI=1S/C26H21ClN2O4/c1-14-11-21-18(12-20(14)27)16(3)24(33-21)23(30)22-15(2)19(13-28)25(31)29(26(22)32)10-9-17-7-5-4-6-8-17/h4-8,11-12,32H,9-10H2,1-3H3. The summed E-state index contributed by atoms with van der Waals surface area (Å²) in [6.45, 7) is 5.15. The van der Waals surface area contributed by atoms with Gasteiger partial charge < -0.3 is 9.52 Å². The molecule has 0 amide bonds. The van der Waals surface area contributed by atoms with Gasteiger partial charge in [-0.1, -0.05) is 41.9 Å². The Bertz CT molecular complexity index is 1510. The zero-order valence-corrected chi connectivity index (χ0v) is 19.2. The number of fused-ring (bicyclic) bond motifs is 1. The number of aryl methyl sites for hydroxylation is 3. The van der Waals surface area contributed by atoms with Crippen LogP contribution in [0.1, 0.15) is 43.9 Å². The molecule has 0 aliphatic rings. The van der Waals surface area contributed by atoms with Crippen molar-refractivity contribution in [1.29, 1.82) is 5.26 Å². The van der Waals surface area contributed by atoms with E-state index in [1.54, 1.807) is 19.1 Å². The quantitative estimate of drug-likeness (QED) is 0.411. The van der Waals surface area contributed by atoms with E-state index in [0.717, 1.165) is 15.7 Å². The highest BCUT2D eigenvalue weighted by atomic mass is 35.5. The Labute approximate surface area is 195 Å². The van der Waals surface area contributed by atoms with Crippen LogP contribution in [0.15, 0.2) is 51.7 Å². The van der Waals surface area contributed by atoms with Crippen molar-refractivity contribution < 1.29 is 14.3 Å². The minimum atomic E-state index is -0.635. The van der Waals surface area contributed by atoms with E-state index >= 15 is 0 Å². The van der Waals surface area contributed by atoms with Gasteiger partial charge in [-0.05, 0) is 56.0 Å². The number of benzene rings is 2. The van der Waals surface area contributed by atoms with Gasteiger partial charge in [0.1, 0.15) is 17.2 Å². The lowest BCUT2D eigenvalue weighted by Gasteiger charge is -2.15. The lowest BCUT2D eigenvalue weighted by atomic mass is 9.98. The van der Waals surface area contributed by atoms with Gasteiger partial charge in [0.05, 0.1) is 5.56 Å². The monoisotopic (exact) mass is 460 g/mol. The minimum Gasteiger partial charge on any atom is -0.494 e. The van der Waals surface area contributed by atoms with Crippen molar-refractivity contribution in [2.45, 2.75) is 33.7 Å². The van der Waals surface area contributed by atoms with Crippen molar-refractivity contribution in [2.24, 2.45) is 0 Å². The second kappa shape index (κ2) is 8.61. The molecule has 0 saturated carbocycles. The van der Waals surface area contributed by atoms with Crippen molar-refractivity contribution in [3.63, 3.8) is 0 Å². The van der Waals surface area contributed by atoms with Crippen LogP contribution >= 0.6 is 11.6 Å². The van der Waals surface area contributed by atoms with Crippen LogP contribution in [0, 0.1) is 32.1 Å². The van der Waals surface area contributed by atoms with Crippen LogP contribution in [0.25, 0.3) is 11.0 Å². The van der Waals surface area contributed by atoms with Crippen molar-refractivity contribution >= 4 is 28.4 Å². The average molecular weight is 461 g/mol. The third-order valence-corrected chi connectivity index (χ3v) is 6.32. The first kappa shape index (κ1) is 22.4. The molecular formula is C26H21ClN2O4. The highest BCUT2D eigenvalue weighted by Gasteiger charge is 2.28. The molecule has 0 radical (unpaired) electrons. The molecule has 0 spiro atoms. The summed E-state index contributed by atoms with van der Waals surface area (Å²) in [5.74, 6) is -1.05. The third kappa shape index (κ3) is 3.81. The molecule has 33 heavy (non-hydrogen) atoms. The third-order valence-electron chi connectivity index (χ3n) is 5.92. The second-order valence-electron chi connectivity index (χ2n) is 7.99. The molecule has 0 bridgehead atoms. The Morgan fingerprint density at radius 3 is 2.52 bits per heavy atom. The average Bonchev–Trinajstić information content (AvgIpc) is 3.10. The van der Waals surface area contributed by atoms with E-state index in [0.29, 0.717) is 28.0 Å². The Morgan fingerprint density at radius 1 is 1.15 bits per heavy atom. The van der Waals surface area contributed by atoms with Gasteiger partial charge in [0, 0.05) is 22.5 Å². The SMILES string of the molecule is Cc1cc2oc(C(=O)c3c(C)c(C#N)c(=O)n(CCc4ccccc4)c3O)c(C)c2cc1Cl. The number of furan rings is 1. The smallest absolute Gasteiger partial charge is 0.271 e. The molecule has 2 heterocycles. The van der Waals surface area contributed by atoms with Gasteiger partial charge in [-0.3, -0.25) is 14.2 Å². The fourth-order valence-corrected chi connectivity index (χ4v) is 4.15. The summed E-state index contributed by atoms with van der Waals surface area (Å²) in [6.07, 6.45) is 0.442. The van der Waals surface area contributed by atoms with E-state index in [-0.39, 0.29) is 29.0 Å². The Kier molecular flexibility index (Phi) is 5.84. The van der Waals surface area contributed by atoms with E-state index < -0.39 is 17.2 Å². The van der Waals surface area contributed by atoms with Gasteiger partial charge >= 0.3 is 0 Å². The number of carbonyl (C=O) groups is 1. The fraction of sp³-hybridized carbons (Fsp3) is 0.192. The van der Waals surface area contributed by atoms with Gasteiger partial charge in [0.15, 0.2) is 5.76 Å². The molecule has 2 aromatic carbocycles. The maximum Gasteiger partial charge on any atom is 0.271 e. The van der Waals surface area contributed by atoms with E-state index in [2.05, 4.69) is 0 Å². The molecule has 166 valence electrons. The molecule has 0 saturated heterocycles. The highest BCUT2D eigenvalue weighted by Crippen LogP contribution is 2.33. The number of pyridine rings is 1. The topological polar surface area (TPSA) is 96.2 Å². The molecule has 0 aliphatic carbocycles. The molecule has 4 aromatic rings. The Balaban J connectivity index is 1.86. The summed E-state index contributed by atoms with van der Waals surface area (Å²) in [6, 6.07) is 14.8. The molecule has 7 heteroatoms. The van der Waals surface area contributed by atoms with Crippen LogP contribution in [-0.4, -0.2) is 15.5 Å². The van der Waals surface area contributed by atoms with Gasteiger partial charge in [0.2, 0.25) is 11.7 Å². The number of rotatable bonds is 5. The predicted molar refractivity (Wildman–Crippen MR) is 126 cm³/mol. The molecule has 6 nitrogen and oxygen atoms in total. The van der Waals surface area contributed by atoms with Gasteiger partial charge in [-0.15, -0.1) is 0 Å². The van der Waals surface area contributed by atoms with E-state index in [1.807, 2.05) is 43.3 Å². The lowest BCUT2D eigenvalue weighted by Crippen LogP contribution is -2.27. The maximum atomic E-state index is 13.5. The Hall–Kier alpha value is -3.82. The van der Waals surface area contributed by atoms with Gasteiger partial charge in [0.25, 0.3) is 5.56 Å². The first-order valence-electron chi connectivity index (χ1n) is 10.4. The first-order valence-corrected chi connectivity index (χ1v) is 10.8.